The van der Waals surface area contributed by atoms with Crippen molar-refractivity contribution in [1.29, 1.82) is 0 Å². The third-order valence-electron chi connectivity index (χ3n) is 7.02. The van der Waals surface area contributed by atoms with Crippen LogP contribution < -0.4 is 10.6 Å². The Morgan fingerprint density at radius 2 is 1.13 bits per heavy atom. The summed E-state index contributed by atoms with van der Waals surface area (Å²) < 4.78 is 0. The van der Waals surface area contributed by atoms with Gasteiger partial charge in [0.25, 0.3) is 0 Å². The second-order valence-electron chi connectivity index (χ2n) is 9.81. The molecule has 2 aliphatic carbocycles. The molecule has 2 amide bonds. The average molecular weight is 577 g/mol. The van der Waals surface area contributed by atoms with E-state index in [1.807, 2.05) is 48.2 Å². The number of anilines is 2. The molecule has 11 heteroatoms. The Kier molecular flexibility index (Phi) is 7.98. The predicted octanol–water partition coefficient (Wildman–Crippen LogP) is 5.39. The van der Waals surface area contributed by atoms with Gasteiger partial charge in [0.2, 0.25) is 22.1 Å². The van der Waals surface area contributed by atoms with Gasteiger partial charge < -0.3 is 10.6 Å². The predicted molar refractivity (Wildman–Crippen MR) is 156 cm³/mol. The van der Waals surface area contributed by atoms with E-state index in [1.165, 1.54) is 33.8 Å². The Balaban J connectivity index is 0.870. The molecular formula is C28H28N6O2S3. The molecule has 2 fully saturated rings. The van der Waals surface area contributed by atoms with Crippen LogP contribution in [0, 0.1) is 11.8 Å². The highest BCUT2D eigenvalue weighted by atomic mass is 32.2. The monoisotopic (exact) mass is 576 g/mol. The molecule has 39 heavy (non-hydrogen) atoms. The number of aryl methyl sites for hydroxylation is 2. The lowest BCUT2D eigenvalue weighted by molar-refractivity contribution is -0.118. The zero-order valence-electron chi connectivity index (χ0n) is 21.2. The van der Waals surface area contributed by atoms with Gasteiger partial charge in [0.15, 0.2) is 0 Å². The number of carbonyl (C=O) groups excluding carboxylic acids is 2. The molecule has 200 valence electrons. The standard InChI is InChI=1S/C28H28N6O2S3/c35-25(21-15-19(21)17-7-3-1-4-8-17)29-27-33-31-23(38-27)11-13-37-14-12-24-32-34-28(39-24)30-26(36)22-16-20(22)18-9-5-2-6-10-18/h1-10,19-22H,11-16H2,(H,29,33,35)(H,30,34,36)/t19-,20-,21+,22+/m1/s1. The quantitative estimate of drug-likeness (QED) is 0.218. The smallest absolute Gasteiger partial charge is 0.229 e. The summed E-state index contributed by atoms with van der Waals surface area (Å²) in [6.07, 6.45) is 3.37. The molecule has 4 atom stereocenters. The molecule has 0 unspecified atom stereocenters. The molecule has 0 bridgehead atoms. The highest BCUT2D eigenvalue weighted by Gasteiger charge is 2.44. The number of benzene rings is 2. The van der Waals surface area contributed by atoms with E-state index in [0.29, 0.717) is 22.1 Å². The first-order chi connectivity index (χ1) is 19.1. The van der Waals surface area contributed by atoms with Gasteiger partial charge in [0, 0.05) is 24.7 Å². The lowest BCUT2D eigenvalue weighted by Crippen LogP contribution is -2.14. The van der Waals surface area contributed by atoms with Crippen molar-refractivity contribution in [2.75, 3.05) is 22.1 Å². The van der Waals surface area contributed by atoms with Crippen molar-refractivity contribution in [3.05, 3.63) is 81.8 Å². The van der Waals surface area contributed by atoms with E-state index in [-0.39, 0.29) is 23.7 Å². The van der Waals surface area contributed by atoms with Crippen LogP contribution in [0.15, 0.2) is 60.7 Å². The van der Waals surface area contributed by atoms with E-state index in [0.717, 1.165) is 47.2 Å². The van der Waals surface area contributed by atoms with Crippen LogP contribution in [0.1, 0.15) is 45.8 Å². The molecule has 2 saturated carbocycles. The number of rotatable bonds is 12. The van der Waals surface area contributed by atoms with Crippen molar-refractivity contribution in [2.24, 2.45) is 11.8 Å². The summed E-state index contributed by atoms with van der Waals surface area (Å²) >= 11 is 4.71. The summed E-state index contributed by atoms with van der Waals surface area (Å²) in [5, 5.41) is 25.6. The molecule has 4 aromatic rings. The Morgan fingerprint density at radius 1 is 0.692 bits per heavy atom. The highest BCUT2D eigenvalue weighted by Crippen LogP contribution is 2.48. The topological polar surface area (TPSA) is 110 Å². The molecule has 8 nitrogen and oxygen atoms in total. The Labute approximate surface area is 239 Å². The fourth-order valence-electron chi connectivity index (χ4n) is 4.73. The van der Waals surface area contributed by atoms with Gasteiger partial charge in [-0.1, -0.05) is 83.3 Å². The lowest BCUT2D eigenvalue weighted by atomic mass is 10.1. The minimum atomic E-state index is 0.0180. The van der Waals surface area contributed by atoms with Gasteiger partial charge in [-0.15, -0.1) is 20.4 Å². The number of aromatic nitrogens is 4. The molecule has 2 aromatic carbocycles. The second kappa shape index (κ2) is 11.9. The summed E-state index contributed by atoms with van der Waals surface area (Å²) in [4.78, 5) is 25.1. The molecular weight excluding hydrogens is 549 g/mol. The Morgan fingerprint density at radius 3 is 1.56 bits per heavy atom. The van der Waals surface area contributed by atoms with Gasteiger partial charge in [-0.05, 0) is 47.3 Å². The zero-order valence-corrected chi connectivity index (χ0v) is 23.6. The normalized spacial score (nSPS) is 21.3. The first-order valence-electron chi connectivity index (χ1n) is 13.1. The number of nitrogens with zero attached hydrogens (tertiary/aromatic N) is 4. The molecule has 2 aromatic heterocycles. The molecule has 2 aliphatic rings. The van der Waals surface area contributed by atoms with Gasteiger partial charge in [-0.25, -0.2) is 0 Å². The van der Waals surface area contributed by atoms with Gasteiger partial charge in [0.1, 0.15) is 10.0 Å². The largest absolute Gasteiger partial charge is 0.300 e. The zero-order chi connectivity index (χ0) is 26.6. The maximum absolute atomic E-state index is 12.6. The number of hydrogen-bond acceptors (Lipinski definition) is 9. The molecule has 2 N–H and O–H groups in total. The van der Waals surface area contributed by atoms with Crippen LogP contribution in [0.5, 0.6) is 0 Å². The van der Waals surface area contributed by atoms with E-state index in [2.05, 4.69) is 55.3 Å². The van der Waals surface area contributed by atoms with Gasteiger partial charge in [-0.3, -0.25) is 9.59 Å². The van der Waals surface area contributed by atoms with E-state index in [9.17, 15) is 9.59 Å². The number of nitrogens with one attached hydrogen (secondary N) is 2. The van der Waals surface area contributed by atoms with Gasteiger partial charge in [-0.2, -0.15) is 11.8 Å². The van der Waals surface area contributed by atoms with Crippen LogP contribution in [-0.4, -0.2) is 43.7 Å². The molecule has 0 radical (unpaired) electrons. The molecule has 2 heterocycles. The van der Waals surface area contributed by atoms with E-state index >= 15 is 0 Å². The van der Waals surface area contributed by atoms with Crippen molar-refractivity contribution < 1.29 is 9.59 Å². The SMILES string of the molecule is O=C(Nc1nnc(CCSCCc2nnc(NC(=O)[C@H]3C[C@@H]3c3ccccc3)s2)s1)[C@H]1C[C@@H]1c1ccccc1. The first kappa shape index (κ1) is 26.1. The summed E-state index contributed by atoms with van der Waals surface area (Å²) in [7, 11) is 0. The average Bonchev–Trinajstić information content (AvgIpc) is 3.86. The molecule has 0 saturated heterocycles. The van der Waals surface area contributed by atoms with E-state index < -0.39 is 0 Å². The van der Waals surface area contributed by atoms with E-state index in [1.54, 1.807) is 0 Å². The highest BCUT2D eigenvalue weighted by molar-refractivity contribution is 7.99. The lowest BCUT2D eigenvalue weighted by Gasteiger charge is -2.01. The van der Waals surface area contributed by atoms with Crippen LogP contribution >= 0.6 is 34.4 Å². The van der Waals surface area contributed by atoms with Crippen molar-refractivity contribution in [3.8, 4) is 0 Å². The van der Waals surface area contributed by atoms with Crippen LogP contribution in [0.4, 0.5) is 10.3 Å². The Bertz CT molecular complexity index is 1320. The number of thioether (sulfide) groups is 1. The van der Waals surface area contributed by atoms with E-state index in [4.69, 9.17) is 0 Å². The van der Waals surface area contributed by atoms with Gasteiger partial charge >= 0.3 is 0 Å². The second-order valence-corrected chi connectivity index (χ2v) is 13.2. The van der Waals surface area contributed by atoms with Crippen LogP contribution in [-0.2, 0) is 22.4 Å². The summed E-state index contributed by atoms with van der Waals surface area (Å²) in [6, 6.07) is 20.4. The minimum absolute atomic E-state index is 0.0180. The Hall–Kier alpha value is -3.15. The maximum Gasteiger partial charge on any atom is 0.229 e. The number of carbonyl (C=O) groups is 2. The summed E-state index contributed by atoms with van der Waals surface area (Å²) in [6.45, 7) is 0. The van der Waals surface area contributed by atoms with Crippen LogP contribution in [0.3, 0.4) is 0 Å². The number of amides is 2. The third kappa shape index (κ3) is 6.71. The summed E-state index contributed by atoms with van der Waals surface area (Å²) in [5.74, 6) is 2.52. The summed E-state index contributed by atoms with van der Waals surface area (Å²) in [5.41, 5.74) is 2.44. The van der Waals surface area contributed by atoms with Crippen LogP contribution in [0.25, 0.3) is 0 Å². The van der Waals surface area contributed by atoms with Crippen molar-refractivity contribution in [2.45, 2.75) is 37.5 Å². The molecule has 6 rings (SSSR count). The molecule has 0 aliphatic heterocycles. The van der Waals surface area contributed by atoms with Crippen molar-refractivity contribution in [1.82, 2.24) is 20.4 Å². The van der Waals surface area contributed by atoms with Crippen LogP contribution in [0.2, 0.25) is 0 Å². The maximum atomic E-state index is 12.6. The minimum Gasteiger partial charge on any atom is -0.300 e. The van der Waals surface area contributed by atoms with Crippen molar-refractivity contribution >= 4 is 56.5 Å². The van der Waals surface area contributed by atoms with Crippen molar-refractivity contribution in [3.63, 3.8) is 0 Å². The fraction of sp³-hybridized carbons (Fsp3) is 0.357. The third-order valence-corrected chi connectivity index (χ3v) is 9.81. The first-order valence-corrected chi connectivity index (χ1v) is 15.9. The number of hydrogen-bond donors (Lipinski definition) is 2. The fourth-order valence-corrected chi connectivity index (χ4v) is 7.36. The molecule has 0 spiro atoms. The van der Waals surface area contributed by atoms with Gasteiger partial charge in [0.05, 0.1) is 0 Å².